The molecule has 1 amide bonds. The number of carbonyl (C=O) groups excluding carboxylic acids is 1. The number of carbonyl (C=O) groups is 1. The fraction of sp³-hybridized carbons (Fsp3) is 0.562. The van der Waals surface area contributed by atoms with Gasteiger partial charge < -0.3 is 9.72 Å². The summed E-state index contributed by atoms with van der Waals surface area (Å²) in [5.74, 6) is 0.813. The van der Waals surface area contributed by atoms with Crippen LogP contribution in [0.15, 0.2) is 18.5 Å². The maximum absolute atomic E-state index is 12.5. The number of amides is 1. The molecule has 0 saturated carbocycles. The Balaban J connectivity index is 1.87. The smallest absolute Gasteiger partial charge is 0.410 e. The summed E-state index contributed by atoms with van der Waals surface area (Å²) in [6, 6.07) is 1.81. The Hall–Kier alpha value is -2.11. The van der Waals surface area contributed by atoms with Crippen molar-refractivity contribution in [2.24, 2.45) is 0 Å². The van der Waals surface area contributed by atoms with Gasteiger partial charge in [-0.25, -0.2) is 9.78 Å². The molecule has 3 rings (SSSR count). The van der Waals surface area contributed by atoms with Gasteiger partial charge in [0.15, 0.2) is 0 Å². The number of H-pyrrole nitrogens is 1. The largest absolute Gasteiger partial charge is 0.444 e. The summed E-state index contributed by atoms with van der Waals surface area (Å²) in [6.45, 7) is 6.36. The van der Waals surface area contributed by atoms with Crippen molar-refractivity contribution >= 4 is 17.1 Å². The number of piperidine rings is 1. The van der Waals surface area contributed by atoms with Crippen molar-refractivity contribution in [2.45, 2.75) is 51.7 Å². The summed E-state index contributed by atoms with van der Waals surface area (Å²) in [7, 11) is 0. The number of aromatic amines is 1. The zero-order chi connectivity index (χ0) is 15.7. The van der Waals surface area contributed by atoms with Gasteiger partial charge >= 0.3 is 6.09 Å². The second-order valence-electron chi connectivity index (χ2n) is 6.70. The first-order valence-electron chi connectivity index (χ1n) is 7.73. The lowest BCUT2D eigenvalue weighted by molar-refractivity contribution is 0.00857. The van der Waals surface area contributed by atoms with Crippen LogP contribution in [0.1, 0.15) is 51.9 Å². The van der Waals surface area contributed by atoms with E-state index in [1.165, 1.54) is 0 Å². The summed E-state index contributed by atoms with van der Waals surface area (Å²) in [5.41, 5.74) is 1.28. The monoisotopic (exact) mass is 302 g/mol. The van der Waals surface area contributed by atoms with Crippen LogP contribution in [0.5, 0.6) is 0 Å². The minimum absolute atomic E-state index is 0.0593. The predicted octanol–water partition coefficient (Wildman–Crippen LogP) is 3.42. The van der Waals surface area contributed by atoms with Gasteiger partial charge in [0.1, 0.15) is 11.4 Å². The van der Waals surface area contributed by atoms with E-state index >= 15 is 0 Å². The number of aromatic nitrogens is 3. The van der Waals surface area contributed by atoms with Crippen molar-refractivity contribution in [1.82, 2.24) is 19.9 Å². The molecule has 1 atom stereocenters. The van der Waals surface area contributed by atoms with Gasteiger partial charge in [0.25, 0.3) is 0 Å². The number of hydrogen-bond acceptors (Lipinski definition) is 4. The molecule has 22 heavy (non-hydrogen) atoms. The SMILES string of the molecule is CC(C)(C)OC(=O)N1CCCCC1c1nc2ccncc2[nH]1. The minimum Gasteiger partial charge on any atom is -0.444 e. The molecule has 0 aliphatic carbocycles. The summed E-state index contributed by atoms with van der Waals surface area (Å²) in [4.78, 5) is 26.3. The highest BCUT2D eigenvalue weighted by molar-refractivity contribution is 5.74. The molecular formula is C16H22N4O2. The molecule has 6 heteroatoms. The van der Waals surface area contributed by atoms with E-state index in [9.17, 15) is 4.79 Å². The zero-order valence-electron chi connectivity index (χ0n) is 13.3. The van der Waals surface area contributed by atoms with Crippen molar-refractivity contribution in [3.8, 4) is 0 Å². The van der Waals surface area contributed by atoms with Gasteiger partial charge in [0, 0.05) is 12.7 Å². The van der Waals surface area contributed by atoms with Crippen LogP contribution in [0.4, 0.5) is 4.79 Å². The van der Waals surface area contributed by atoms with Crippen LogP contribution in [0, 0.1) is 0 Å². The van der Waals surface area contributed by atoms with Gasteiger partial charge in [-0.15, -0.1) is 0 Å². The molecule has 0 bridgehead atoms. The molecule has 1 saturated heterocycles. The Morgan fingerprint density at radius 2 is 2.23 bits per heavy atom. The third-order valence-electron chi connectivity index (χ3n) is 3.75. The number of likely N-dealkylation sites (tertiary alicyclic amines) is 1. The van der Waals surface area contributed by atoms with Gasteiger partial charge in [-0.1, -0.05) is 0 Å². The molecule has 0 spiro atoms. The molecule has 118 valence electrons. The number of nitrogens with zero attached hydrogens (tertiary/aromatic N) is 3. The highest BCUT2D eigenvalue weighted by Gasteiger charge is 2.33. The van der Waals surface area contributed by atoms with E-state index < -0.39 is 5.60 Å². The molecule has 1 aliphatic rings. The van der Waals surface area contributed by atoms with Crippen LogP contribution >= 0.6 is 0 Å². The van der Waals surface area contributed by atoms with E-state index in [1.807, 2.05) is 26.8 Å². The van der Waals surface area contributed by atoms with Gasteiger partial charge in [0.05, 0.1) is 23.3 Å². The molecule has 0 aromatic carbocycles. The highest BCUT2D eigenvalue weighted by Crippen LogP contribution is 2.31. The van der Waals surface area contributed by atoms with E-state index in [0.717, 1.165) is 36.1 Å². The second kappa shape index (κ2) is 5.59. The number of hydrogen-bond donors (Lipinski definition) is 1. The molecule has 0 radical (unpaired) electrons. The highest BCUT2D eigenvalue weighted by atomic mass is 16.6. The second-order valence-corrected chi connectivity index (χ2v) is 6.70. The first-order chi connectivity index (χ1) is 10.4. The lowest BCUT2D eigenvalue weighted by atomic mass is 10.0. The maximum atomic E-state index is 12.5. The fourth-order valence-electron chi connectivity index (χ4n) is 2.79. The zero-order valence-corrected chi connectivity index (χ0v) is 13.3. The lowest BCUT2D eigenvalue weighted by Crippen LogP contribution is -2.42. The van der Waals surface area contributed by atoms with Crippen LogP contribution in [-0.4, -0.2) is 38.1 Å². The normalized spacial score (nSPS) is 19.4. The fourth-order valence-corrected chi connectivity index (χ4v) is 2.79. The molecule has 1 N–H and O–H groups in total. The Labute approximate surface area is 129 Å². The summed E-state index contributed by atoms with van der Waals surface area (Å²) in [5, 5.41) is 0. The van der Waals surface area contributed by atoms with Crippen molar-refractivity contribution in [2.75, 3.05) is 6.54 Å². The first kappa shape index (κ1) is 14.8. The van der Waals surface area contributed by atoms with E-state index in [2.05, 4.69) is 15.0 Å². The van der Waals surface area contributed by atoms with Gasteiger partial charge in [-0.3, -0.25) is 9.88 Å². The number of rotatable bonds is 1. The van der Waals surface area contributed by atoms with Gasteiger partial charge in [-0.05, 0) is 46.1 Å². The predicted molar refractivity (Wildman–Crippen MR) is 83.4 cm³/mol. The van der Waals surface area contributed by atoms with Crippen LogP contribution < -0.4 is 0 Å². The van der Waals surface area contributed by atoms with Crippen LogP contribution in [0.25, 0.3) is 11.0 Å². The quantitative estimate of drug-likeness (QED) is 0.876. The number of fused-ring (bicyclic) bond motifs is 1. The molecule has 1 unspecified atom stereocenters. The first-order valence-corrected chi connectivity index (χ1v) is 7.73. The van der Waals surface area contributed by atoms with Crippen molar-refractivity contribution in [3.63, 3.8) is 0 Å². The standard InChI is InChI=1S/C16H22N4O2/c1-16(2,3)22-15(21)20-9-5-4-6-13(20)14-18-11-7-8-17-10-12(11)19-14/h7-8,10,13H,4-6,9H2,1-3H3,(H,18,19). The van der Waals surface area contributed by atoms with Crippen molar-refractivity contribution < 1.29 is 9.53 Å². The van der Waals surface area contributed by atoms with E-state index in [-0.39, 0.29) is 12.1 Å². The van der Waals surface area contributed by atoms with Crippen molar-refractivity contribution in [3.05, 3.63) is 24.3 Å². The van der Waals surface area contributed by atoms with Gasteiger partial charge in [-0.2, -0.15) is 0 Å². The summed E-state index contributed by atoms with van der Waals surface area (Å²) < 4.78 is 5.54. The Kier molecular flexibility index (Phi) is 3.76. The third kappa shape index (κ3) is 3.05. The number of pyridine rings is 1. The molecule has 2 aromatic heterocycles. The average molecular weight is 302 g/mol. The van der Waals surface area contributed by atoms with Crippen LogP contribution in [0.2, 0.25) is 0 Å². The minimum atomic E-state index is -0.489. The molecule has 2 aromatic rings. The van der Waals surface area contributed by atoms with E-state index in [1.54, 1.807) is 17.3 Å². The van der Waals surface area contributed by atoms with Crippen LogP contribution in [-0.2, 0) is 4.74 Å². The molecule has 1 fully saturated rings. The van der Waals surface area contributed by atoms with Crippen LogP contribution in [0.3, 0.4) is 0 Å². The Morgan fingerprint density at radius 1 is 1.41 bits per heavy atom. The molecule has 3 heterocycles. The molecule has 6 nitrogen and oxygen atoms in total. The van der Waals surface area contributed by atoms with Crippen molar-refractivity contribution in [1.29, 1.82) is 0 Å². The third-order valence-corrected chi connectivity index (χ3v) is 3.75. The van der Waals surface area contributed by atoms with E-state index in [4.69, 9.17) is 4.74 Å². The Bertz CT molecular complexity index is 641. The Morgan fingerprint density at radius 3 is 2.95 bits per heavy atom. The average Bonchev–Trinajstić information content (AvgIpc) is 2.89. The topological polar surface area (TPSA) is 71.1 Å². The number of nitrogens with one attached hydrogen (secondary N) is 1. The van der Waals surface area contributed by atoms with Gasteiger partial charge in [0.2, 0.25) is 0 Å². The molecule has 1 aliphatic heterocycles. The molecular weight excluding hydrogens is 280 g/mol. The lowest BCUT2D eigenvalue weighted by Gasteiger charge is -2.35. The maximum Gasteiger partial charge on any atom is 0.410 e. The number of ether oxygens (including phenoxy) is 1. The summed E-state index contributed by atoms with van der Waals surface area (Å²) in [6.07, 6.45) is 6.19. The summed E-state index contributed by atoms with van der Waals surface area (Å²) >= 11 is 0. The van der Waals surface area contributed by atoms with E-state index in [0.29, 0.717) is 6.54 Å². The number of imidazole rings is 1.